The molecule has 0 aromatic carbocycles. The van der Waals surface area contributed by atoms with Crippen molar-refractivity contribution in [2.45, 2.75) is 25.7 Å². The molecule has 21 heavy (non-hydrogen) atoms. The van der Waals surface area contributed by atoms with Crippen molar-refractivity contribution in [1.82, 2.24) is 4.98 Å². The fourth-order valence-electron chi connectivity index (χ4n) is 2.59. The lowest BCUT2D eigenvalue weighted by molar-refractivity contribution is 0.0927. The number of nitrogens with zero attached hydrogens (tertiary/aromatic N) is 1. The number of anilines is 1. The first-order valence-electron chi connectivity index (χ1n) is 6.74. The maximum Gasteiger partial charge on any atom is 0.410 e. The molecule has 2 heterocycles. The number of rotatable bonds is 4. The van der Waals surface area contributed by atoms with Crippen molar-refractivity contribution < 1.29 is 19.1 Å². The highest BCUT2D eigenvalue weighted by Gasteiger charge is 2.29. The van der Waals surface area contributed by atoms with Crippen LogP contribution in [-0.4, -0.2) is 22.0 Å². The number of carbonyl (C=O) groups excluding carboxylic acids is 1. The minimum absolute atomic E-state index is 0.0110. The minimum atomic E-state index is -1.20. The summed E-state index contributed by atoms with van der Waals surface area (Å²) in [7, 11) is 0. The maximum atomic E-state index is 12.6. The molecular formula is C14H14N2O4S. The number of hydrogen-bond acceptors (Lipinski definition) is 5. The molecule has 3 rings (SSSR count). The van der Waals surface area contributed by atoms with Crippen LogP contribution in [0.1, 0.15) is 35.4 Å². The summed E-state index contributed by atoms with van der Waals surface area (Å²) < 4.78 is 5.31. The summed E-state index contributed by atoms with van der Waals surface area (Å²) in [5.41, 5.74) is 0.422. The Labute approximate surface area is 124 Å². The molecule has 0 aliphatic heterocycles. The van der Waals surface area contributed by atoms with Gasteiger partial charge in [0.15, 0.2) is 16.7 Å². The number of carbonyl (C=O) groups is 2. The van der Waals surface area contributed by atoms with Crippen molar-refractivity contribution >= 4 is 28.3 Å². The van der Waals surface area contributed by atoms with Gasteiger partial charge in [-0.15, -0.1) is 0 Å². The Balaban J connectivity index is 1.98. The van der Waals surface area contributed by atoms with Gasteiger partial charge in [-0.25, -0.2) is 9.78 Å². The third kappa shape index (κ3) is 2.82. The quantitative estimate of drug-likeness (QED) is 0.836. The Hall–Kier alpha value is -2.15. The molecular weight excluding hydrogens is 292 g/mol. The summed E-state index contributed by atoms with van der Waals surface area (Å²) in [6.45, 7) is 0. The Morgan fingerprint density at radius 3 is 2.76 bits per heavy atom. The number of ketones is 1. The van der Waals surface area contributed by atoms with E-state index in [4.69, 9.17) is 9.52 Å². The lowest BCUT2D eigenvalue weighted by atomic mass is 10.0. The fourth-order valence-corrected chi connectivity index (χ4v) is 3.56. The van der Waals surface area contributed by atoms with Gasteiger partial charge in [-0.1, -0.05) is 24.2 Å². The number of thiazole rings is 1. The molecule has 0 bridgehead atoms. The van der Waals surface area contributed by atoms with E-state index in [1.54, 1.807) is 12.1 Å². The standard InChI is InChI=1S/C14H14N2O4S/c17-11(8-4-1-2-5-8)12-10(9-6-3-7-20-9)15-13(21-12)16-14(18)19/h3,6-8H,1-2,4-5H2,(H,15,16)(H,18,19). The van der Waals surface area contributed by atoms with Gasteiger partial charge in [-0.3, -0.25) is 10.1 Å². The number of aromatic nitrogens is 1. The van der Waals surface area contributed by atoms with Crippen molar-refractivity contribution in [3.05, 3.63) is 23.3 Å². The molecule has 1 aliphatic carbocycles. The summed E-state index contributed by atoms with van der Waals surface area (Å²) >= 11 is 1.07. The first kappa shape index (κ1) is 13.8. The zero-order valence-electron chi connectivity index (χ0n) is 11.2. The van der Waals surface area contributed by atoms with E-state index in [1.165, 1.54) is 6.26 Å². The second-order valence-electron chi connectivity index (χ2n) is 4.95. The summed E-state index contributed by atoms with van der Waals surface area (Å²) in [4.78, 5) is 28.0. The van der Waals surface area contributed by atoms with Gasteiger partial charge in [0.25, 0.3) is 0 Å². The Bertz CT molecular complexity index is 657. The number of hydrogen-bond donors (Lipinski definition) is 2. The third-order valence-electron chi connectivity index (χ3n) is 3.55. The molecule has 2 aromatic rings. The molecule has 1 amide bonds. The molecule has 1 fully saturated rings. The minimum Gasteiger partial charge on any atom is -0.465 e. The normalized spacial score (nSPS) is 15.2. The number of Topliss-reactive ketones (excluding diaryl/α,β-unsaturated/α-hetero) is 1. The van der Waals surface area contributed by atoms with Gasteiger partial charge in [0, 0.05) is 5.92 Å². The van der Waals surface area contributed by atoms with Crippen LogP contribution in [0.3, 0.4) is 0 Å². The molecule has 6 nitrogen and oxygen atoms in total. The van der Waals surface area contributed by atoms with Crippen LogP contribution in [0.2, 0.25) is 0 Å². The van der Waals surface area contributed by atoms with Gasteiger partial charge in [-0.05, 0) is 25.0 Å². The summed E-state index contributed by atoms with van der Waals surface area (Å²) in [6.07, 6.45) is 4.20. The van der Waals surface area contributed by atoms with E-state index in [9.17, 15) is 9.59 Å². The van der Waals surface area contributed by atoms with Gasteiger partial charge in [-0.2, -0.15) is 0 Å². The molecule has 110 valence electrons. The van der Waals surface area contributed by atoms with Crippen LogP contribution < -0.4 is 5.32 Å². The predicted octanol–water partition coefficient (Wildman–Crippen LogP) is 3.87. The van der Waals surface area contributed by atoms with Crippen LogP contribution >= 0.6 is 11.3 Å². The van der Waals surface area contributed by atoms with E-state index in [-0.39, 0.29) is 16.8 Å². The topological polar surface area (TPSA) is 92.4 Å². The van der Waals surface area contributed by atoms with Crippen LogP contribution in [0.15, 0.2) is 22.8 Å². The van der Waals surface area contributed by atoms with Crippen molar-refractivity contribution in [2.24, 2.45) is 5.92 Å². The molecule has 1 aliphatic rings. The molecule has 0 atom stereocenters. The molecule has 0 spiro atoms. The van der Waals surface area contributed by atoms with E-state index in [1.807, 2.05) is 0 Å². The van der Waals surface area contributed by atoms with Gasteiger partial charge in [0.05, 0.1) is 6.26 Å². The first-order chi connectivity index (χ1) is 10.1. The van der Waals surface area contributed by atoms with E-state index in [0.29, 0.717) is 16.3 Å². The van der Waals surface area contributed by atoms with Crippen LogP contribution in [0.25, 0.3) is 11.5 Å². The van der Waals surface area contributed by atoms with Gasteiger partial charge < -0.3 is 9.52 Å². The molecule has 2 aromatic heterocycles. The largest absolute Gasteiger partial charge is 0.465 e. The lowest BCUT2D eigenvalue weighted by Crippen LogP contribution is -2.10. The molecule has 0 radical (unpaired) electrons. The predicted molar refractivity (Wildman–Crippen MR) is 77.8 cm³/mol. The second-order valence-corrected chi connectivity index (χ2v) is 5.95. The van der Waals surface area contributed by atoms with E-state index >= 15 is 0 Å². The summed E-state index contributed by atoms with van der Waals surface area (Å²) in [6, 6.07) is 3.42. The smallest absolute Gasteiger partial charge is 0.410 e. The van der Waals surface area contributed by atoms with E-state index in [2.05, 4.69) is 10.3 Å². The molecule has 2 N–H and O–H groups in total. The molecule has 0 saturated heterocycles. The average molecular weight is 306 g/mol. The number of amides is 1. The third-order valence-corrected chi connectivity index (χ3v) is 4.53. The van der Waals surface area contributed by atoms with Crippen molar-refractivity contribution in [1.29, 1.82) is 0 Å². The zero-order chi connectivity index (χ0) is 14.8. The first-order valence-corrected chi connectivity index (χ1v) is 7.55. The number of furan rings is 1. The Morgan fingerprint density at radius 2 is 2.14 bits per heavy atom. The van der Waals surface area contributed by atoms with Crippen LogP contribution in [-0.2, 0) is 0 Å². The van der Waals surface area contributed by atoms with Crippen molar-refractivity contribution in [2.75, 3.05) is 5.32 Å². The summed E-state index contributed by atoms with van der Waals surface area (Å²) in [5.74, 6) is 0.526. The second kappa shape index (κ2) is 5.69. The molecule has 0 unspecified atom stereocenters. The van der Waals surface area contributed by atoms with Gasteiger partial charge in [0.1, 0.15) is 10.6 Å². The Kier molecular flexibility index (Phi) is 3.74. The average Bonchev–Trinajstić information content (AvgIpc) is 3.18. The Morgan fingerprint density at radius 1 is 1.38 bits per heavy atom. The van der Waals surface area contributed by atoms with Gasteiger partial charge >= 0.3 is 6.09 Å². The number of carboxylic acid groups (broad SMARTS) is 1. The number of nitrogens with one attached hydrogen (secondary N) is 1. The van der Waals surface area contributed by atoms with E-state index < -0.39 is 6.09 Å². The van der Waals surface area contributed by atoms with E-state index in [0.717, 1.165) is 37.0 Å². The van der Waals surface area contributed by atoms with Crippen molar-refractivity contribution in [3.63, 3.8) is 0 Å². The van der Waals surface area contributed by atoms with Crippen LogP contribution in [0.4, 0.5) is 9.93 Å². The highest BCUT2D eigenvalue weighted by molar-refractivity contribution is 7.18. The highest BCUT2D eigenvalue weighted by Crippen LogP contribution is 2.36. The monoisotopic (exact) mass is 306 g/mol. The van der Waals surface area contributed by atoms with Crippen molar-refractivity contribution in [3.8, 4) is 11.5 Å². The molecule has 1 saturated carbocycles. The molecule has 7 heteroatoms. The lowest BCUT2D eigenvalue weighted by Gasteiger charge is -2.06. The van der Waals surface area contributed by atoms with Crippen LogP contribution in [0.5, 0.6) is 0 Å². The zero-order valence-corrected chi connectivity index (χ0v) is 12.0. The highest BCUT2D eigenvalue weighted by atomic mass is 32.1. The van der Waals surface area contributed by atoms with Gasteiger partial charge in [0.2, 0.25) is 0 Å². The van der Waals surface area contributed by atoms with Crippen LogP contribution in [0, 0.1) is 5.92 Å². The summed E-state index contributed by atoms with van der Waals surface area (Å²) in [5, 5.41) is 11.2. The maximum absolute atomic E-state index is 12.6. The SMILES string of the molecule is O=C(O)Nc1nc(-c2ccco2)c(C(=O)C2CCCC2)s1. The fraction of sp³-hybridized carbons (Fsp3) is 0.357.